The van der Waals surface area contributed by atoms with Crippen LogP contribution >= 0.6 is 0 Å². The Hall–Kier alpha value is -4.30. The van der Waals surface area contributed by atoms with E-state index in [0.717, 1.165) is 52.9 Å². The summed E-state index contributed by atoms with van der Waals surface area (Å²) in [6.07, 6.45) is 3.56. The summed E-state index contributed by atoms with van der Waals surface area (Å²) in [6, 6.07) is 21.8. The second kappa shape index (κ2) is 10.4. The summed E-state index contributed by atoms with van der Waals surface area (Å²) in [5, 5.41) is 7.42. The molecule has 0 aliphatic carbocycles. The van der Waals surface area contributed by atoms with Gasteiger partial charge in [0, 0.05) is 42.1 Å². The van der Waals surface area contributed by atoms with Gasteiger partial charge in [0.2, 0.25) is 0 Å². The molecule has 0 bridgehead atoms. The van der Waals surface area contributed by atoms with E-state index >= 15 is 0 Å². The molecule has 1 saturated heterocycles. The van der Waals surface area contributed by atoms with Crippen molar-refractivity contribution in [1.29, 1.82) is 0 Å². The molecule has 37 heavy (non-hydrogen) atoms. The van der Waals surface area contributed by atoms with E-state index in [0.29, 0.717) is 24.8 Å². The Kier molecular flexibility index (Phi) is 6.47. The van der Waals surface area contributed by atoms with Crippen molar-refractivity contribution in [2.75, 3.05) is 25.1 Å². The number of anilines is 2. The number of ether oxygens (including phenoxy) is 2. The molecule has 0 radical (unpaired) electrons. The van der Waals surface area contributed by atoms with Crippen molar-refractivity contribution in [1.82, 2.24) is 15.3 Å². The van der Waals surface area contributed by atoms with Gasteiger partial charge in [-0.15, -0.1) is 0 Å². The lowest BCUT2D eigenvalue weighted by molar-refractivity contribution is -0.124. The minimum atomic E-state index is -0.134. The van der Waals surface area contributed by atoms with Crippen molar-refractivity contribution in [2.45, 2.75) is 25.4 Å². The first-order valence-electron chi connectivity index (χ1n) is 12.5. The number of benzene rings is 3. The smallest absolute Gasteiger partial charge is 0.258 e. The maximum absolute atomic E-state index is 12.4. The second-order valence-corrected chi connectivity index (χ2v) is 9.19. The first-order valence-corrected chi connectivity index (χ1v) is 12.5. The lowest BCUT2D eigenvalue weighted by Gasteiger charge is -2.23. The van der Waals surface area contributed by atoms with Crippen LogP contribution in [0.5, 0.6) is 5.75 Å². The van der Waals surface area contributed by atoms with Crippen LogP contribution in [0, 0.1) is 0 Å². The zero-order chi connectivity index (χ0) is 25.0. The molecular weight excluding hydrogens is 466 g/mol. The van der Waals surface area contributed by atoms with Crippen LogP contribution in [0.4, 0.5) is 11.5 Å². The molecule has 1 fully saturated rings. The van der Waals surface area contributed by atoms with Crippen molar-refractivity contribution >= 4 is 34.5 Å². The van der Waals surface area contributed by atoms with Crippen molar-refractivity contribution < 1.29 is 14.3 Å². The summed E-state index contributed by atoms with van der Waals surface area (Å²) in [7, 11) is 0. The number of hydrogen-bond acceptors (Lipinski definition) is 7. The third-order valence-corrected chi connectivity index (χ3v) is 6.55. The number of carbonyl (C=O) groups excluding carboxylic acids is 1. The summed E-state index contributed by atoms with van der Waals surface area (Å²) in [4.78, 5) is 26.4. The minimum absolute atomic E-state index is 0.0478. The summed E-state index contributed by atoms with van der Waals surface area (Å²) in [5.74, 6) is 1.74. The number of nitrogens with one attached hydrogen (secondary N) is 2. The quantitative estimate of drug-likeness (QED) is 0.389. The van der Waals surface area contributed by atoms with Gasteiger partial charge in [0.15, 0.2) is 12.4 Å². The van der Waals surface area contributed by atoms with Gasteiger partial charge in [-0.05, 0) is 60.4 Å². The van der Waals surface area contributed by atoms with Gasteiger partial charge in [-0.2, -0.15) is 0 Å². The highest BCUT2D eigenvalue weighted by molar-refractivity contribution is 5.93. The Balaban J connectivity index is 1.23. The molecule has 3 heterocycles. The molecule has 2 N–H and O–H groups in total. The monoisotopic (exact) mass is 493 g/mol. The first-order chi connectivity index (χ1) is 18.2. The van der Waals surface area contributed by atoms with Crippen LogP contribution in [0.25, 0.3) is 22.3 Å². The van der Waals surface area contributed by atoms with E-state index < -0.39 is 0 Å². The number of para-hydroxylation sites is 1. The molecule has 0 atom stereocenters. The van der Waals surface area contributed by atoms with Gasteiger partial charge in [-0.3, -0.25) is 9.79 Å². The highest BCUT2D eigenvalue weighted by Gasteiger charge is 2.17. The predicted octanol–water partition coefficient (Wildman–Crippen LogP) is 4.65. The molecule has 3 aromatic carbocycles. The number of nitrogens with zero attached hydrogens (tertiary/aromatic N) is 3. The Labute approximate surface area is 214 Å². The van der Waals surface area contributed by atoms with Crippen molar-refractivity contribution in [3.05, 3.63) is 77.9 Å². The summed E-state index contributed by atoms with van der Waals surface area (Å²) in [6.45, 7) is 2.04. The molecule has 0 unspecified atom stereocenters. The third kappa shape index (κ3) is 5.29. The Morgan fingerprint density at radius 1 is 1.00 bits per heavy atom. The lowest BCUT2D eigenvalue weighted by atomic mass is 10.1. The molecule has 2 aliphatic heterocycles. The number of carbonyl (C=O) groups is 1. The van der Waals surface area contributed by atoms with Crippen LogP contribution in [-0.2, 0) is 16.1 Å². The third-order valence-electron chi connectivity index (χ3n) is 6.55. The van der Waals surface area contributed by atoms with Crippen LogP contribution in [0.2, 0.25) is 0 Å². The zero-order valence-electron chi connectivity index (χ0n) is 20.3. The van der Waals surface area contributed by atoms with Crippen molar-refractivity contribution in [3.8, 4) is 17.1 Å². The first kappa shape index (κ1) is 23.1. The fourth-order valence-corrected chi connectivity index (χ4v) is 4.60. The van der Waals surface area contributed by atoms with Crippen LogP contribution in [0.3, 0.4) is 0 Å². The molecule has 1 aromatic heterocycles. The number of aliphatic imine (C=N–C) groups is 1. The average Bonchev–Trinajstić information content (AvgIpc) is 3.41. The standard InChI is InChI=1S/C29H27N5O3/c35-27(31-22-10-12-36-13-11-22)18-37-24-5-3-4-19(15-24)28-33-26-7-2-1-6-25(26)29(34-28)32-23-9-8-20-16-30-17-21(20)14-23/h1-9,14-15,17,22H,10-13,16,18H2,(H,31,35)(H,32,33,34). The fourth-order valence-electron chi connectivity index (χ4n) is 4.60. The molecule has 1 amide bonds. The molecule has 186 valence electrons. The number of aromatic nitrogens is 2. The van der Waals surface area contributed by atoms with Crippen LogP contribution < -0.4 is 15.4 Å². The SMILES string of the molecule is O=C(COc1cccc(-c2nc(Nc3ccc4c(c3)C=NC4)c3ccccc3n2)c1)NC1CCOCC1. The molecule has 8 nitrogen and oxygen atoms in total. The average molecular weight is 494 g/mol. The van der Waals surface area contributed by atoms with E-state index in [1.807, 2.05) is 60.8 Å². The largest absolute Gasteiger partial charge is 0.484 e. The van der Waals surface area contributed by atoms with Crippen molar-refractivity contribution in [3.63, 3.8) is 0 Å². The highest BCUT2D eigenvalue weighted by atomic mass is 16.5. The minimum Gasteiger partial charge on any atom is -0.484 e. The van der Waals surface area contributed by atoms with Gasteiger partial charge in [-0.25, -0.2) is 9.97 Å². The van der Waals surface area contributed by atoms with Gasteiger partial charge in [0.05, 0.1) is 12.1 Å². The van der Waals surface area contributed by atoms with Gasteiger partial charge in [0.25, 0.3) is 5.91 Å². The molecular formula is C29H27N5O3. The van der Waals surface area contributed by atoms with E-state index in [2.05, 4.69) is 27.8 Å². The van der Waals surface area contributed by atoms with Gasteiger partial charge < -0.3 is 20.1 Å². The molecule has 2 aliphatic rings. The molecule has 8 heteroatoms. The highest BCUT2D eigenvalue weighted by Crippen LogP contribution is 2.30. The van der Waals surface area contributed by atoms with E-state index in [4.69, 9.17) is 19.4 Å². The molecule has 6 rings (SSSR count). The Bertz CT molecular complexity index is 1480. The fraction of sp³-hybridized carbons (Fsp3) is 0.241. The predicted molar refractivity (Wildman–Crippen MR) is 143 cm³/mol. The van der Waals surface area contributed by atoms with Crippen LogP contribution in [0.15, 0.2) is 71.7 Å². The van der Waals surface area contributed by atoms with Gasteiger partial charge >= 0.3 is 0 Å². The maximum Gasteiger partial charge on any atom is 0.258 e. The Morgan fingerprint density at radius 3 is 2.81 bits per heavy atom. The number of hydrogen-bond donors (Lipinski definition) is 2. The van der Waals surface area contributed by atoms with E-state index in [-0.39, 0.29) is 18.6 Å². The van der Waals surface area contributed by atoms with Crippen molar-refractivity contribution in [2.24, 2.45) is 4.99 Å². The van der Waals surface area contributed by atoms with E-state index in [1.165, 1.54) is 5.56 Å². The summed E-state index contributed by atoms with van der Waals surface area (Å²) < 4.78 is 11.1. The van der Waals surface area contributed by atoms with E-state index in [1.54, 1.807) is 0 Å². The Morgan fingerprint density at radius 2 is 1.89 bits per heavy atom. The number of amides is 1. The van der Waals surface area contributed by atoms with Crippen LogP contribution in [-0.4, -0.2) is 48.0 Å². The lowest BCUT2D eigenvalue weighted by Crippen LogP contribution is -2.41. The molecule has 0 spiro atoms. The summed E-state index contributed by atoms with van der Waals surface area (Å²) >= 11 is 0. The molecule has 0 saturated carbocycles. The van der Waals surface area contributed by atoms with Crippen LogP contribution in [0.1, 0.15) is 24.0 Å². The zero-order valence-corrected chi connectivity index (χ0v) is 20.3. The van der Waals surface area contributed by atoms with Gasteiger partial charge in [-0.1, -0.05) is 30.3 Å². The normalized spacial score (nSPS) is 14.9. The second-order valence-electron chi connectivity index (χ2n) is 9.19. The van der Waals surface area contributed by atoms with Gasteiger partial charge in [0.1, 0.15) is 11.6 Å². The van der Waals surface area contributed by atoms with E-state index in [9.17, 15) is 4.79 Å². The number of fused-ring (bicyclic) bond motifs is 2. The number of rotatable bonds is 7. The summed E-state index contributed by atoms with van der Waals surface area (Å²) in [5.41, 5.74) is 4.91. The molecule has 4 aromatic rings. The maximum atomic E-state index is 12.4. The topological polar surface area (TPSA) is 97.7 Å².